The number of ether oxygens (including phenoxy) is 1. The van der Waals surface area contributed by atoms with Crippen molar-refractivity contribution in [3.05, 3.63) is 23.2 Å². The standard InChI is InChI=1S/C10H14ClN3O/c11-8-2-1-3-9(10(8)12)13-14-4-6-15-7-5-14/h1-3,13H,4-7,12H2. The lowest BCUT2D eigenvalue weighted by Crippen LogP contribution is -2.40. The van der Waals surface area contributed by atoms with Crippen LogP contribution < -0.4 is 11.2 Å². The molecule has 15 heavy (non-hydrogen) atoms. The van der Waals surface area contributed by atoms with Crippen molar-refractivity contribution in [2.24, 2.45) is 0 Å². The summed E-state index contributed by atoms with van der Waals surface area (Å²) in [5, 5.41) is 2.65. The van der Waals surface area contributed by atoms with E-state index in [1.54, 1.807) is 6.07 Å². The maximum Gasteiger partial charge on any atom is 0.0752 e. The molecule has 0 bridgehead atoms. The molecular weight excluding hydrogens is 214 g/mol. The first kappa shape index (κ1) is 10.5. The Balaban J connectivity index is 2.06. The van der Waals surface area contributed by atoms with Gasteiger partial charge in [-0.15, -0.1) is 0 Å². The SMILES string of the molecule is Nc1c(Cl)cccc1NN1CCOCC1. The summed E-state index contributed by atoms with van der Waals surface area (Å²) < 4.78 is 5.25. The number of para-hydroxylation sites is 1. The first-order valence-electron chi connectivity index (χ1n) is 4.91. The van der Waals surface area contributed by atoms with E-state index in [4.69, 9.17) is 22.1 Å². The van der Waals surface area contributed by atoms with Crippen molar-refractivity contribution in [1.29, 1.82) is 0 Å². The highest BCUT2D eigenvalue weighted by Gasteiger charge is 2.11. The Labute approximate surface area is 93.9 Å². The molecule has 0 radical (unpaired) electrons. The Morgan fingerprint density at radius 3 is 2.80 bits per heavy atom. The number of anilines is 2. The highest BCUT2D eigenvalue weighted by atomic mass is 35.5. The van der Waals surface area contributed by atoms with Gasteiger partial charge in [-0.05, 0) is 12.1 Å². The molecule has 0 spiro atoms. The van der Waals surface area contributed by atoms with Crippen molar-refractivity contribution in [1.82, 2.24) is 5.01 Å². The Kier molecular flexibility index (Phi) is 3.30. The fourth-order valence-corrected chi connectivity index (χ4v) is 1.65. The van der Waals surface area contributed by atoms with Crippen LogP contribution in [-0.4, -0.2) is 31.3 Å². The normalized spacial score (nSPS) is 17.7. The van der Waals surface area contributed by atoms with E-state index in [0.29, 0.717) is 10.7 Å². The van der Waals surface area contributed by atoms with Gasteiger partial charge in [0.25, 0.3) is 0 Å². The predicted octanol–water partition coefficient (Wildman–Crippen LogP) is 1.58. The van der Waals surface area contributed by atoms with Crippen molar-refractivity contribution >= 4 is 23.0 Å². The van der Waals surface area contributed by atoms with E-state index in [1.807, 2.05) is 12.1 Å². The Bertz CT molecular complexity index is 339. The molecule has 4 nitrogen and oxygen atoms in total. The quantitative estimate of drug-likeness (QED) is 0.754. The van der Waals surface area contributed by atoms with Crippen LogP contribution >= 0.6 is 11.6 Å². The lowest BCUT2D eigenvalue weighted by molar-refractivity contribution is 0.0497. The zero-order chi connectivity index (χ0) is 10.7. The molecule has 0 saturated carbocycles. The minimum atomic E-state index is 0.577. The highest BCUT2D eigenvalue weighted by Crippen LogP contribution is 2.27. The second-order valence-electron chi connectivity index (χ2n) is 3.41. The van der Waals surface area contributed by atoms with Crippen molar-refractivity contribution in [2.75, 3.05) is 37.5 Å². The molecule has 3 N–H and O–H groups in total. The molecule has 2 rings (SSSR count). The van der Waals surface area contributed by atoms with Gasteiger partial charge in [0.15, 0.2) is 0 Å². The molecule has 0 atom stereocenters. The monoisotopic (exact) mass is 227 g/mol. The van der Waals surface area contributed by atoms with E-state index in [9.17, 15) is 0 Å². The molecule has 0 aliphatic carbocycles. The third-order valence-electron chi connectivity index (χ3n) is 2.34. The van der Waals surface area contributed by atoms with Gasteiger partial charge in [-0.1, -0.05) is 17.7 Å². The zero-order valence-electron chi connectivity index (χ0n) is 8.37. The van der Waals surface area contributed by atoms with E-state index in [-0.39, 0.29) is 0 Å². The molecule has 1 aliphatic heterocycles. The van der Waals surface area contributed by atoms with Crippen LogP contribution in [0, 0.1) is 0 Å². The average Bonchev–Trinajstić information content (AvgIpc) is 2.26. The summed E-state index contributed by atoms with van der Waals surface area (Å²) in [6.45, 7) is 3.19. The minimum Gasteiger partial charge on any atom is -0.396 e. The number of halogens is 1. The fourth-order valence-electron chi connectivity index (χ4n) is 1.48. The maximum atomic E-state index is 5.92. The van der Waals surface area contributed by atoms with Crippen LogP contribution in [0.25, 0.3) is 0 Å². The fraction of sp³-hybridized carbons (Fsp3) is 0.400. The van der Waals surface area contributed by atoms with Crippen LogP contribution in [0.1, 0.15) is 0 Å². The summed E-state index contributed by atoms with van der Waals surface area (Å²) in [4.78, 5) is 0. The van der Waals surface area contributed by atoms with Crippen LogP contribution in [-0.2, 0) is 4.74 Å². The smallest absolute Gasteiger partial charge is 0.0752 e. The van der Waals surface area contributed by atoms with E-state index in [1.165, 1.54) is 0 Å². The summed E-state index contributed by atoms with van der Waals surface area (Å²) in [7, 11) is 0. The van der Waals surface area contributed by atoms with E-state index in [0.717, 1.165) is 32.0 Å². The number of morpholine rings is 1. The molecule has 1 aromatic carbocycles. The second-order valence-corrected chi connectivity index (χ2v) is 3.82. The molecule has 1 saturated heterocycles. The van der Waals surface area contributed by atoms with Gasteiger partial charge in [0.1, 0.15) is 0 Å². The largest absolute Gasteiger partial charge is 0.396 e. The number of nitrogen functional groups attached to an aromatic ring is 1. The number of rotatable bonds is 2. The molecule has 0 aromatic heterocycles. The second kappa shape index (κ2) is 4.70. The summed E-state index contributed by atoms with van der Waals surface area (Å²) >= 11 is 5.92. The number of nitrogens with two attached hydrogens (primary N) is 1. The Morgan fingerprint density at radius 2 is 2.07 bits per heavy atom. The minimum absolute atomic E-state index is 0.577. The Hall–Kier alpha value is -0.970. The van der Waals surface area contributed by atoms with Crippen LogP contribution in [0.2, 0.25) is 5.02 Å². The average molecular weight is 228 g/mol. The number of nitrogens with zero attached hydrogens (tertiary/aromatic N) is 1. The summed E-state index contributed by atoms with van der Waals surface area (Å²) in [6.07, 6.45) is 0. The maximum absolute atomic E-state index is 5.92. The molecule has 5 heteroatoms. The topological polar surface area (TPSA) is 50.5 Å². The number of hydrazine groups is 1. The van der Waals surface area contributed by atoms with E-state index >= 15 is 0 Å². The van der Waals surface area contributed by atoms with Crippen LogP contribution in [0.15, 0.2) is 18.2 Å². The first-order valence-corrected chi connectivity index (χ1v) is 5.28. The van der Waals surface area contributed by atoms with E-state index in [2.05, 4.69) is 10.4 Å². The lowest BCUT2D eigenvalue weighted by Gasteiger charge is -2.28. The molecule has 0 unspecified atom stereocenters. The number of nitrogens with one attached hydrogen (secondary N) is 1. The third kappa shape index (κ3) is 2.53. The van der Waals surface area contributed by atoms with Crippen molar-refractivity contribution in [3.8, 4) is 0 Å². The van der Waals surface area contributed by atoms with Gasteiger partial charge >= 0.3 is 0 Å². The van der Waals surface area contributed by atoms with Gasteiger partial charge in [-0.2, -0.15) is 0 Å². The number of benzene rings is 1. The van der Waals surface area contributed by atoms with Gasteiger partial charge in [0.2, 0.25) is 0 Å². The van der Waals surface area contributed by atoms with Gasteiger partial charge < -0.3 is 15.9 Å². The van der Waals surface area contributed by atoms with Crippen LogP contribution in [0.5, 0.6) is 0 Å². The van der Waals surface area contributed by atoms with Crippen molar-refractivity contribution in [3.63, 3.8) is 0 Å². The highest BCUT2D eigenvalue weighted by molar-refractivity contribution is 6.33. The third-order valence-corrected chi connectivity index (χ3v) is 2.67. The zero-order valence-corrected chi connectivity index (χ0v) is 9.13. The Morgan fingerprint density at radius 1 is 1.33 bits per heavy atom. The van der Waals surface area contributed by atoms with Gasteiger partial charge in [0.05, 0.1) is 29.6 Å². The summed E-state index contributed by atoms with van der Waals surface area (Å²) in [5.41, 5.74) is 10.5. The van der Waals surface area contributed by atoms with Crippen molar-refractivity contribution < 1.29 is 4.74 Å². The molecular formula is C10H14ClN3O. The van der Waals surface area contributed by atoms with Crippen LogP contribution in [0.3, 0.4) is 0 Å². The van der Waals surface area contributed by atoms with Crippen LogP contribution in [0.4, 0.5) is 11.4 Å². The van der Waals surface area contributed by atoms with Gasteiger partial charge in [0, 0.05) is 13.1 Å². The molecule has 1 heterocycles. The van der Waals surface area contributed by atoms with E-state index < -0.39 is 0 Å². The van der Waals surface area contributed by atoms with Crippen molar-refractivity contribution in [2.45, 2.75) is 0 Å². The lowest BCUT2D eigenvalue weighted by atomic mass is 10.3. The van der Waals surface area contributed by atoms with Gasteiger partial charge in [-0.25, -0.2) is 5.01 Å². The summed E-state index contributed by atoms with van der Waals surface area (Å²) in [6, 6.07) is 5.57. The summed E-state index contributed by atoms with van der Waals surface area (Å²) in [5.74, 6) is 0. The van der Waals surface area contributed by atoms with Gasteiger partial charge in [-0.3, -0.25) is 0 Å². The molecule has 1 aromatic rings. The molecule has 1 aliphatic rings. The molecule has 0 amide bonds. The number of hydrogen-bond donors (Lipinski definition) is 2. The number of hydrogen-bond acceptors (Lipinski definition) is 4. The predicted molar refractivity (Wildman–Crippen MR) is 61.9 cm³/mol. The first-order chi connectivity index (χ1) is 7.27. The molecule has 82 valence electrons. The molecule has 1 fully saturated rings.